The van der Waals surface area contributed by atoms with Crippen LogP contribution in [0, 0.1) is 0 Å². The number of carbonyl (C=O) groups is 2. The van der Waals surface area contributed by atoms with E-state index < -0.39 is 5.30 Å². The van der Waals surface area contributed by atoms with Crippen LogP contribution in [0.5, 0.6) is 0 Å². The predicted octanol–water partition coefficient (Wildman–Crippen LogP) is 0.0586. The van der Waals surface area contributed by atoms with Crippen molar-refractivity contribution in [3.05, 3.63) is 0 Å². The Labute approximate surface area is 44.0 Å². The van der Waals surface area contributed by atoms with Gasteiger partial charge in [0.1, 0.15) is 0 Å². The van der Waals surface area contributed by atoms with Crippen molar-refractivity contribution >= 4 is 23.7 Å². The lowest BCUT2D eigenvalue weighted by molar-refractivity contribution is -0.107. The van der Waals surface area contributed by atoms with Crippen LogP contribution >= 0.6 is 11.9 Å². The molecule has 40 valence electrons. The molecule has 0 aliphatic carbocycles. The highest BCUT2D eigenvalue weighted by molar-refractivity contribution is 8.11. The molecule has 0 saturated carbocycles. The van der Waals surface area contributed by atoms with Gasteiger partial charge in [0.15, 0.2) is 0 Å². The Hall–Kier alpha value is -0.710. The summed E-state index contributed by atoms with van der Waals surface area (Å²) in [4.78, 5) is 18.8. The van der Waals surface area contributed by atoms with Crippen LogP contribution in [-0.2, 0) is 4.79 Å². The Kier molecular flexibility index (Phi) is 3.13. The summed E-state index contributed by atoms with van der Waals surface area (Å²) < 4.78 is 1.88. The van der Waals surface area contributed by atoms with Gasteiger partial charge in [0.05, 0.1) is 11.9 Å². The smallest absolute Gasteiger partial charge is 0.385 e. The van der Waals surface area contributed by atoms with Crippen LogP contribution in [0.2, 0.25) is 0 Å². The van der Waals surface area contributed by atoms with Gasteiger partial charge in [0.2, 0.25) is 6.41 Å². The molecule has 0 radical (unpaired) electrons. The number of hydrogen-bond acceptors (Lipinski definition) is 3. The van der Waals surface area contributed by atoms with Crippen LogP contribution in [-0.4, -0.2) is 16.8 Å². The normalized spacial score (nSPS) is 7.43. The molecular weight excluding hydrogens is 118 g/mol. The van der Waals surface area contributed by atoms with E-state index in [0.29, 0.717) is 18.4 Å². The third kappa shape index (κ3) is 5.29. The number of amides is 1. The Morgan fingerprint density at radius 3 is 2.57 bits per heavy atom. The fraction of sp³-hybridized carbons (Fsp3) is 0. The summed E-state index contributed by atoms with van der Waals surface area (Å²) in [5.41, 5.74) is 0. The summed E-state index contributed by atoms with van der Waals surface area (Å²) in [5, 5.41) is 6.67. The van der Waals surface area contributed by atoms with Gasteiger partial charge >= 0.3 is 5.30 Å². The van der Waals surface area contributed by atoms with Gasteiger partial charge in [-0.1, -0.05) is 0 Å². The summed E-state index contributed by atoms with van der Waals surface area (Å²) in [6.45, 7) is 0. The molecule has 0 heterocycles. The van der Waals surface area contributed by atoms with Crippen LogP contribution in [0.1, 0.15) is 0 Å². The first-order chi connectivity index (χ1) is 3.27. The topological polar surface area (TPSA) is 66.4 Å². The maximum absolute atomic E-state index is 9.50. The molecule has 0 spiro atoms. The zero-order chi connectivity index (χ0) is 5.70. The van der Waals surface area contributed by atoms with E-state index in [0.717, 1.165) is 0 Å². The molecule has 0 atom stereocenters. The molecule has 0 aromatic carbocycles. The van der Waals surface area contributed by atoms with Crippen molar-refractivity contribution in [2.75, 3.05) is 0 Å². The number of nitrogens with one attached hydrogen (secondary N) is 1. The molecule has 0 saturated heterocycles. The Morgan fingerprint density at radius 2 is 2.43 bits per heavy atom. The first kappa shape index (κ1) is 6.29. The van der Waals surface area contributed by atoms with Gasteiger partial charge in [0, 0.05) is 0 Å². The van der Waals surface area contributed by atoms with Crippen molar-refractivity contribution in [3.63, 3.8) is 0 Å². The van der Waals surface area contributed by atoms with Crippen molar-refractivity contribution in [1.82, 2.24) is 4.72 Å². The molecular formula is C2H3NO3S. The lowest BCUT2D eigenvalue weighted by atomic mass is 11.5. The van der Waals surface area contributed by atoms with E-state index in [2.05, 4.69) is 0 Å². The molecule has 0 aromatic rings. The monoisotopic (exact) mass is 121 g/mol. The molecule has 4 nitrogen and oxygen atoms in total. The molecule has 0 aromatic heterocycles. The van der Waals surface area contributed by atoms with Gasteiger partial charge in [-0.05, 0) is 0 Å². The molecule has 0 unspecified atom stereocenters. The molecule has 7 heavy (non-hydrogen) atoms. The van der Waals surface area contributed by atoms with E-state index in [9.17, 15) is 9.59 Å². The lowest BCUT2D eigenvalue weighted by Crippen LogP contribution is -2.01. The molecule has 1 amide bonds. The van der Waals surface area contributed by atoms with Crippen molar-refractivity contribution in [2.24, 2.45) is 0 Å². The third-order valence-corrected chi connectivity index (χ3v) is 0.583. The third-order valence-electron chi connectivity index (χ3n) is 0.194. The molecule has 0 rings (SSSR count). The number of carbonyl (C=O) groups excluding carboxylic acids is 1. The van der Waals surface area contributed by atoms with Crippen molar-refractivity contribution < 1.29 is 14.7 Å². The summed E-state index contributed by atoms with van der Waals surface area (Å²) >= 11 is 0.330. The molecule has 0 bridgehead atoms. The number of carboxylic acid groups (broad SMARTS) is 1. The molecule has 2 N–H and O–H groups in total. The highest BCUT2D eigenvalue weighted by atomic mass is 32.2. The summed E-state index contributed by atoms with van der Waals surface area (Å²) in [6, 6.07) is 0. The summed E-state index contributed by atoms with van der Waals surface area (Å²) in [6.07, 6.45) is 0.304. The Bertz CT molecular complexity index is 83.0. The van der Waals surface area contributed by atoms with E-state index in [1.165, 1.54) is 0 Å². The summed E-state index contributed by atoms with van der Waals surface area (Å²) in [7, 11) is 0. The van der Waals surface area contributed by atoms with E-state index in [1.807, 2.05) is 4.72 Å². The summed E-state index contributed by atoms with van der Waals surface area (Å²) in [5.74, 6) is 0. The van der Waals surface area contributed by atoms with Crippen LogP contribution in [0.15, 0.2) is 0 Å². The quantitative estimate of drug-likeness (QED) is 0.400. The second-order valence-electron chi connectivity index (χ2n) is 0.604. The predicted molar refractivity (Wildman–Crippen MR) is 24.8 cm³/mol. The maximum atomic E-state index is 9.50. The zero-order valence-corrected chi connectivity index (χ0v) is 4.07. The molecule has 0 fully saturated rings. The van der Waals surface area contributed by atoms with Crippen molar-refractivity contribution in [1.29, 1.82) is 0 Å². The average Bonchev–Trinajstić information content (AvgIpc) is 1.61. The number of rotatable bonds is 2. The minimum Gasteiger partial charge on any atom is -0.472 e. The highest BCUT2D eigenvalue weighted by Gasteiger charge is 1.90. The van der Waals surface area contributed by atoms with E-state index in [1.54, 1.807) is 0 Å². The first-order valence-electron chi connectivity index (χ1n) is 1.36. The van der Waals surface area contributed by atoms with Gasteiger partial charge < -0.3 is 5.11 Å². The number of hydrogen-bond donors (Lipinski definition) is 2. The van der Waals surface area contributed by atoms with Gasteiger partial charge in [-0.25, -0.2) is 4.79 Å². The maximum Gasteiger partial charge on any atom is 0.385 e. The fourth-order valence-electron chi connectivity index (χ4n) is 0.0745. The van der Waals surface area contributed by atoms with Gasteiger partial charge in [-0.15, -0.1) is 0 Å². The van der Waals surface area contributed by atoms with E-state index >= 15 is 0 Å². The molecule has 0 aliphatic heterocycles. The van der Waals surface area contributed by atoms with Crippen molar-refractivity contribution in [3.8, 4) is 0 Å². The van der Waals surface area contributed by atoms with Gasteiger partial charge in [0.25, 0.3) is 0 Å². The molecule has 0 aliphatic rings. The lowest BCUT2D eigenvalue weighted by Gasteiger charge is -1.83. The average molecular weight is 121 g/mol. The SMILES string of the molecule is O=CNSC(=O)O. The van der Waals surface area contributed by atoms with Crippen LogP contribution in [0.4, 0.5) is 4.79 Å². The van der Waals surface area contributed by atoms with E-state index in [4.69, 9.17) is 5.11 Å². The standard InChI is InChI=1S/C2H3NO3S/c4-1-3-7-2(5)6/h1H,(H,3,4)(H,5,6). The van der Waals surface area contributed by atoms with Crippen LogP contribution in [0.3, 0.4) is 0 Å². The Balaban J connectivity index is 2.97. The van der Waals surface area contributed by atoms with Gasteiger partial charge in [-0.3, -0.25) is 9.52 Å². The zero-order valence-electron chi connectivity index (χ0n) is 3.25. The highest BCUT2D eigenvalue weighted by Crippen LogP contribution is 1.88. The van der Waals surface area contributed by atoms with E-state index in [-0.39, 0.29) is 0 Å². The van der Waals surface area contributed by atoms with Crippen LogP contribution < -0.4 is 4.72 Å². The van der Waals surface area contributed by atoms with Crippen LogP contribution in [0.25, 0.3) is 0 Å². The van der Waals surface area contributed by atoms with Crippen molar-refractivity contribution in [2.45, 2.75) is 0 Å². The first-order valence-corrected chi connectivity index (χ1v) is 2.18. The second-order valence-corrected chi connectivity index (χ2v) is 1.39. The fourth-order valence-corrected chi connectivity index (χ4v) is 0.223. The minimum atomic E-state index is -1.12. The largest absolute Gasteiger partial charge is 0.472 e. The minimum absolute atomic E-state index is 0.304. The molecule has 5 heteroatoms. The Morgan fingerprint density at radius 1 is 1.86 bits per heavy atom. The van der Waals surface area contributed by atoms with Gasteiger partial charge in [-0.2, -0.15) is 0 Å². The second kappa shape index (κ2) is 3.48.